The molecule has 9 nitrogen and oxygen atoms in total. The third-order valence-corrected chi connectivity index (χ3v) is 6.57. The molecule has 0 aliphatic carbocycles. The third-order valence-electron chi connectivity index (χ3n) is 6.57. The van der Waals surface area contributed by atoms with E-state index in [1.165, 1.54) is 13.2 Å². The van der Waals surface area contributed by atoms with Crippen molar-refractivity contribution in [1.29, 1.82) is 0 Å². The molecule has 0 radical (unpaired) electrons. The summed E-state index contributed by atoms with van der Waals surface area (Å²) in [5.41, 5.74) is 7.57. The number of hydrogen-bond acceptors (Lipinski definition) is 7. The molecular formula is C29H41N3O6. The minimum absolute atomic E-state index is 0.0699. The number of hydrogen-bond donors (Lipinski definition) is 5. The first-order valence-electron chi connectivity index (χ1n) is 12.8. The molecule has 9 heteroatoms. The van der Waals surface area contributed by atoms with Gasteiger partial charge in [0.15, 0.2) is 6.10 Å². The highest BCUT2D eigenvalue weighted by Crippen LogP contribution is 2.41. The van der Waals surface area contributed by atoms with Crippen LogP contribution in [0, 0.1) is 5.92 Å². The normalized spacial score (nSPS) is 25.2. The molecule has 1 aliphatic rings. The van der Waals surface area contributed by atoms with Gasteiger partial charge in [-0.2, -0.15) is 0 Å². The van der Waals surface area contributed by atoms with Gasteiger partial charge in [-0.15, -0.1) is 6.58 Å². The fourth-order valence-corrected chi connectivity index (χ4v) is 4.36. The summed E-state index contributed by atoms with van der Waals surface area (Å²) >= 11 is 0. The van der Waals surface area contributed by atoms with Gasteiger partial charge in [0.05, 0.1) is 11.4 Å². The summed E-state index contributed by atoms with van der Waals surface area (Å²) in [7, 11) is 1.50. The highest BCUT2D eigenvalue weighted by Gasteiger charge is 2.24. The van der Waals surface area contributed by atoms with E-state index in [2.05, 4.69) is 24.1 Å². The highest BCUT2D eigenvalue weighted by atomic mass is 16.6. The lowest BCUT2D eigenvalue weighted by Crippen LogP contribution is -2.34. The van der Waals surface area contributed by atoms with Gasteiger partial charge >= 0.3 is 6.09 Å². The third kappa shape index (κ3) is 8.69. The number of ether oxygens (including phenoxy) is 2. The molecule has 1 aromatic rings. The zero-order chi connectivity index (χ0) is 28.2. The van der Waals surface area contributed by atoms with Crippen molar-refractivity contribution in [1.82, 2.24) is 0 Å². The number of nitrogens with two attached hydrogens (primary N) is 1. The Balaban J connectivity index is 2.48. The van der Waals surface area contributed by atoms with Crippen LogP contribution in [0.15, 0.2) is 54.2 Å². The molecule has 0 spiro atoms. The van der Waals surface area contributed by atoms with Crippen LogP contribution >= 0.6 is 0 Å². The summed E-state index contributed by atoms with van der Waals surface area (Å²) in [6, 6.07) is 1.33. The van der Waals surface area contributed by atoms with E-state index in [1.807, 2.05) is 13.0 Å². The first kappa shape index (κ1) is 30.5. The maximum atomic E-state index is 12.9. The van der Waals surface area contributed by atoms with Crippen molar-refractivity contribution in [2.24, 2.45) is 11.7 Å². The van der Waals surface area contributed by atoms with Crippen molar-refractivity contribution in [3.8, 4) is 11.5 Å². The Kier molecular flexibility index (Phi) is 11.9. The number of fused-ring (bicyclic) bond motifs is 2. The summed E-state index contributed by atoms with van der Waals surface area (Å²) in [6.45, 7) is 9.75. The Morgan fingerprint density at radius 2 is 2.05 bits per heavy atom. The fourth-order valence-electron chi connectivity index (χ4n) is 4.36. The fraction of sp³-hybridized carbons (Fsp3) is 0.448. The number of phenols is 2. The van der Waals surface area contributed by atoms with E-state index in [0.717, 1.165) is 31.3 Å². The Morgan fingerprint density at radius 1 is 1.32 bits per heavy atom. The summed E-state index contributed by atoms with van der Waals surface area (Å²) in [4.78, 5) is 24.4. The maximum absolute atomic E-state index is 12.9. The molecule has 0 saturated heterocycles. The Morgan fingerprint density at radius 3 is 2.71 bits per heavy atom. The maximum Gasteiger partial charge on any atom is 0.405 e. The van der Waals surface area contributed by atoms with E-state index in [4.69, 9.17) is 15.2 Å². The number of amides is 2. The van der Waals surface area contributed by atoms with E-state index in [-0.39, 0.29) is 17.2 Å². The molecule has 1 heterocycles. The van der Waals surface area contributed by atoms with Gasteiger partial charge in [-0.3, -0.25) is 4.79 Å². The van der Waals surface area contributed by atoms with Gasteiger partial charge in [0.2, 0.25) is 0 Å². The quantitative estimate of drug-likeness (QED) is 0.198. The Bertz CT molecular complexity index is 1090. The molecule has 3 unspecified atom stereocenters. The van der Waals surface area contributed by atoms with Crippen LogP contribution in [0.4, 0.5) is 16.2 Å². The van der Waals surface area contributed by atoms with Crippen molar-refractivity contribution in [3.05, 3.63) is 59.7 Å². The number of allylic oxidation sites excluding steroid dienone is 3. The van der Waals surface area contributed by atoms with E-state index in [0.29, 0.717) is 35.7 Å². The number of anilines is 2. The number of rotatable bonds is 5. The second-order valence-corrected chi connectivity index (χ2v) is 9.58. The molecule has 208 valence electrons. The van der Waals surface area contributed by atoms with E-state index >= 15 is 0 Å². The monoisotopic (exact) mass is 527 g/mol. The zero-order valence-electron chi connectivity index (χ0n) is 22.8. The van der Waals surface area contributed by atoms with E-state index in [9.17, 15) is 19.8 Å². The van der Waals surface area contributed by atoms with E-state index in [1.54, 1.807) is 31.2 Å². The Labute approximate surface area is 225 Å². The molecule has 1 aromatic carbocycles. The number of benzene rings is 1. The number of primary amides is 1. The second kappa shape index (κ2) is 14.9. The van der Waals surface area contributed by atoms with Crippen LogP contribution in [0.25, 0.3) is 0 Å². The van der Waals surface area contributed by atoms with Gasteiger partial charge in [0.1, 0.15) is 17.6 Å². The lowest BCUT2D eigenvalue weighted by atomic mass is 9.94. The lowest BCUT2D eigenvalue weighted by Gasteiger charge is -2.24. The topological polar surface area (TPSA) is 143 Å². The van der Waals surface area contributed by atoms with Crippen LogP contribution in [0.2, 0.25) is 0 Å². The van der Waals surface area contributed by atoms with Gasteiger partial charge in [-0.1, -0.05) is 43.7 Å². The highest BCUT2D eigenvalue weighted by molar-refractivity contribution is 6.04. The van der Waals surface area contributed by atoms with Crippen LogP contribution < -0.4 is 16.4 Å². The molecule has 1 aliphatic heterocycles. The Hall–Kier alpha value is -3.72. The number of aromatic hydroxyl groups is 2. The van der Waals surface area contributed by atoms with Crippen LogP contribution in [0.1, 0.15) is 52.0 Å². The number of carbonyl (C=O) groups is 2. The predicted molar refractivity (Wildman–Crippen MR) is 150 cm³/mol. The minimum Gasteiger partial charge on any atom is -0.506 e. The SMILES string of the molecule is C=CCNc1c(O)cc2c(O)c1CCCC(C)CC/C=C(\C)C(OC(N)=O)C(OC)/C=C\C=C(/C)C(=O)N2. The molecule has 2 bridgehead atoms. The molecule has 6 N–H and O–H groups in total. The van der Waals surface area contributed by atoms with Gasteiger partial charge in [0, 0.05) is 30.9 Å². The standard InChI is InChI=1S/C29H41N3O6/c1-6-16-31-25-21-14-8-11-18(2)10-7-12-19(3)27(38-29(30)36)24(37-5)15-9-13-20(4)28(35)32-22(26(21)34)17-23(25)33/h6,9,12-13,15,17-18,24,27,31,33-34H,1,7-8,10-11,14,16H2,2-5H3,(H2,30,36)(H,32,35)/b15-9-,19-12+,20-13+. The van der Waals surface area contributed by atoms with Crippen molar-refractivity contribution < 1.29 is 29.3 Å². The van der Waals surface area contributed by atoms with Crippen molar-refractivity contribution in [2.45, 2.75) is 65.1 Å². The molecule has 0 aromatic heterocycles. The van der Waals surface area contributed by atoms with Gasteiger partial charge in [-0.25, -0.2) is 4.79 Å². The van der Waals surface area contributed by atoms with Gasteiger partial charge in [-0.05, 0) is 51.0 Å². The summed E-state index contributed by atoms with van der Waals surface area (Å²) in [5.74, 6) is -0.228. The predicted octanol–water partition coefficient (Wildman–Crippen LogP) is 5.31. The van der Waals surface area contributed by atoms with Crippen LogP contribution in [0.3, 0.4) is 0 Å². The molecule has 0 fully saturated rings. The second-order valence-electron chi connectivity index (χ2n) is 9.58. The number of carbonyl (C=O) groups excluding carboxylic acids is 2. The van der Waals surface area contributed by atoms with Crippen molar-refractivity contribution in [3.63, 3.8) is 0 Å². The smallest absolute Gasteiger partial charge is 0.405 e. The number of phenolic OH excluding ortho intramolecular Hbond substituents is 2. The number of nitrogens with one attached hydrogen (secondary N) is 2. The first-order chi connectivity index (χ1) is 18.1. The molecule has 3 atom stereocenters. The summed E-state index contributed by atoms with van der Waals surface area (Å²) in [5, 5.41) is 27.5. The molecule has 38 heavy (non-hydrogen) atoms. The zero-order valence-corrected chi connectivity index (χ0v) is 22.8. The summed E-state index contributed by atoms with van der Waals surface area (Å²) in [6.07, 6.45) is 10.2. The molecule has 0 saturated carbocycles. The van der Waals surface area contributed by atoms with Crippen LogP contribution in [-0.4, -0.2) is 48.1 Å². The molecule has 2 amide bonds. The average molecular weight is 528 g/mol. The first-order valence-corrected chi connectivity index (χ1v) is 12.8. The largest absolute Gasteiger partial charge is 0.506 e. The van der Waals surface area contributed by atoms with E-state index < -0.39 is 24.2 Å². The average Bonchev–Trinajstić information content (AvgIpc) is 2.86. The summed E-state index contributed by atoms with van der Waals surface area (Å²) < 4.78 is 10.9. The van der Waals surface area contributed by atoms with Gasteiger partial charge < -0.3 is 36.1 Å². The van der Waals surface area contributed by atoms with Crippen LogP contribution in [-0.2, 0) is 20.7 Å². The van der Waals surface area contributed by atoms with Gasteiger partial charge in [0.25, 0.3) is 5.91 Å². The van der Waals surface area contributed by atoms with Crippen LogP contribution in [0.5, 0.6) is 11.5 Å². The number of methoxy groups -OCH3 is 1. The molecule has 2 rings (SSSR count). The minimum atomic E-state index is -0.900. The lowest BCUT2D eigenvalue weighted by molar-refractivity contribution is -0.112. The van der Waals surface area contributed by atoms with Crippen molar-refractivity contribution >= 4 is 23.4 Å². The van der Waals surface area contributed by atoms with Crippen molar-refractivity contribution in [2.75, 3.05) is 24.3 Å². The molecular weight excluding hydrogens is 486 g/mol.